The monoisotopic (exact) mass is 227 g/mol. The molecule has 3 nitrogen and oxygen atoms in total. The van der Waals surface area contributed by atoms with Gasteiger partial charge in [0.25, 0.3) is 0 Å². The summed E-state index contributed by atoms with van der Waals surface area (Å²) in [6, 6.07) is 0.609. The van der Waals surface area contributed by atoms with Crippen LogP contribution in [0.5, 0.6) is 0 Å². The predicted octanol–water partition coefficient (Wildman–Crippen LogP) is 1.53. The van der Waals surface area contributed by atoms with Gasteiger partial charge in [0.1, 0.15) is 0 Å². The highest BCUT2D eigenvalue weighted by molar-refractivity contribution is 4.78. The quantitative estimate of drug-likeness (QED) is 0.670. The van der Waals surface area contributed by atoms with Crippen LogP contribution < -0.4 is 5.73 Å². The van der Waals surface area contributed by atoms with Crippen LogP contribution in [0.25, 0.3) is 0 Å². The van der Waals surface area contributed by atoms with E-state index in [4.69, 9.17) is 5.73 Å². The highest BCUT2D eigenvalue weighted by Crippen LogP contribution is 2.09. The van der Waals surface area contributed by atoms with E-state index in [0.717, 1.165) is 6.54 Å². The van der Waals surface area contributed by atoms with Crippen molar-refractivity contribution in [3.63, 3.8) is 0 Å². The van der Waals surface area contributed by atoms with Crippen molar-refractivity contribution < 1.29 is 0 Å². The van der Waals surface area contributed by atoms with Gasteiger partial charge in [-0.2, -0.15) is 0 Å². The summed E-state index contributed by atoms with van der Waals surface area (Å²) in [6.45, 7) is 11.5. The Morgan fingerprint density at radius 3 is 2.25 bits per heavy atom. The molecule has 3 heteroatoms. The van der Waals surface area contributed by atoms with Gasteiger partial charge in [0.15, 0.2) is 0 Å². The lowest BCUT2D eigenvalue weighted by atomic mass is 10.1. The molecule has 0 radical (unpaired) electrons. The maximum Gasteiger partial charge on any atom is 0.0216 e. The van der Waals surface area contributed by atoms with Crippen molar-refractivity contribution in [1.82, 2.24) is 9.80 Å². The molecule has 0 spiro atoms. The van der Waals surface area contributed by atoms with Crippen LogP contribution in [0.2, 0.25) is 0 Å². The number of hydrogen-bond acceptors (Lipinski definition) is 3. The normalized spacial score (nSPS) is 21.2. The molecule has 96 valence electrons. The lowest BCUT2D eigenvalue weighted by Gasteiger charge is -2.38. The smallest absolute Gasteiger partial charge is 0.0216 e. The Hall–Kier alpha value is -0.120. The number of rotatable bonds is 7. The molecule has 16 heavy (non-hydrogen) atoms. The Labute approximate surface area is 101 Å². The first kappa shape index (κ1) is 13.9. The summed E-state index contributed by atoms with van der Waals surface area (Å²) in [5.74, 6) is 0. The summed E-state index contributed by atoms with van der Waals surface area (Å²) in [4.78, 5) is 5.17. The molecule has 1 unspecified atom stereocenters. The third kappa shape index (κ3) is 4.40. The molecule has 1 aliphatic heterocycles. The largest absolute Gasteiger partial charge is 0.329 e. The van der Waals surface area contributed by atoms with Crippen molar-refractivity contribution in [2.24, 2.45) is 5.73 Å². The first-order valence-electron chi connectivity index (χ1n) is 6.98. The fourth-order valence-electron chi connectivity index (χ4n) is 2.51. The zero-order valence-corrected chi connectivity index (χ0v) is 11.1. The Morgan fingerprint density at radius 2 is 1.75 bits per heavy atom. The number of nitrogens with two attached hydrogens (primary N) is 1. The van der Waals surface area contributed by atoms with Crippen LogP contribution in [0.1, 0.15) is 39.5 Å². The standard InChI is InChI=1S/C13H29N3/c1-3-5-6-7-15-8-10-16(11-9-15)13(4-2)12-14/h13H,3-12,14H2,1-2H3. The summed E-state index contributed by atoms with van der Waals surface area (Å²) < 4.78 is 0. The van der Waals surface area contributed by atoms with Crippen molar-refractivity contribution >= 4 is 0 Å². The predicted molar refractivity (Wildman–Crippen MR) is 70.7 cm³/mol. The molecule has 2 N–H and O–H groups in total. The van der Waals surface area contributed by atoms with Gasteiger partial charge >= 0.3 is 0 Å². The van der Waals surface area contributed by atoms with Gasteiger partial charge in [-0.3, -0.25) is 4.90 Å². The lowest BCUT2D eigenvalue weighted by Crippen LogP contribution is -2.52. The Kier molecular flexibility index (Phi) is 7.01. The van der Waals surface area contributed by atoms with Crippen LogP contribution in [0.3, 0.4) is 0 Å². The molecular formula is C13H29N3. The van der Waals surface area contributed by atoms with Crippen LogP contribution >= 0.6 is 0 Å². The molecule has 0 aromatic carbocycles. The Balaban J connectivity index is 2.17. The average molecular weight is 227 g/mol. The van der Waals surface area contributed by atoms with Crippen molar-refractivity contribution in [3.8, 4) is 0 Å². The third-order valence-corrected chi connectivity index (χ3v) is 3.74. The molecule has 0 bridgehead atoms. The van der Waals surface area contributed by atoms with Crippen molar-refractivity contribution in [2.75, 3.05) is 39.3 Å². The van der Waals surface area contributed by atoms with Crippen LogP contribution in [0, 0.1) is 0 Å². The van der Waals surface area contributed by atoms with E-state index < -0.39 is 0 Å². The molecule has 1 rings (SSSR count). The third-order valence-electron chi connectivity index (χ3n) is 3.74. The molecule has 1 saturated heterocycles. The molecular weight excluding hydrogens is 198 g/mol. The van der Waals surface area contributed by atoms with E-state index >= 15 is 0 Å². The highest BCUT2D eigenvalue weighted by atomic mass is 15.3. The zero-order valence-electron chi connectivity index (χ0n) is 11.1. The molecule has 0 aromatic heterocycles. The van der Waals surface area contributed by atoms with E-state index in [-0.39, 0.29) is 0 Å². The Bertz CT molecular complexity index is 161. The van der Waals surface area contributed by atoms with Gasteiger partial charge in [-0.1, -0.05) is 26.7 Å². The fraction of sp³-hybridized carbons (Fsp3) is 1.00. The SMILES string of the molecule is CCCCCN1CCN(C(CC)CN)CC1. The van der Waals surface area contributed by atoms with E-state index in [1.54, 1.807) is 0 Å². The van der Waals surface area contributed by atoms with Gasteiger partial charge in [-0.15, -0.1) is 0 Å². The number of unbranched alkanes of at least 4 members (excludes halogenated alkanes) is 2. The van der Waals surface area contributed by atoms with Gasteiger partial charge in [-0.25, -0.2) is 0 Å². The van der Waals surface area contributed by atoms with E-state index in [9.17, 15) is 0 Å². The van der Waals surface area contributed by atoms with Gasteiger partial charge < -0.3 is 10.6 Å². The molecule has 1 aliphatic rings. The Morgan fingerprint density at radius 1 is 1.06 bits per heavy atom. The minimum Gasteiger partial charge on any atom is -0.329 e. The minimum absolute atomic E-state index is 0.609. The maximum atomic E-state index is 5.79. The summed E-state index contributed by atoms with van der Waals surface area (Å²) >= 11 is 0. The van der Waals surface area contributed by atoms with Crippen LogP contribution in [-0.2, 0) is 0 Å². The van der Waals surface area contributed by atoms with Gasteiger partial charge in [0.2, 0.25) is 0 Å². The number of hydrogen-bond donors (Lipinski definition) is 1. The number of piperazine rings is 1. The van der Waals surface area contributed by atoms with Crippen LogP contribution in [-0.4, -0.2) is 55.1 Å². The average Bonchev–Trinajstić information content (AvgIpc) is 2.33. The molecule has 0 aliphatic carbocycles. The van der Waals surface area contributed by atoms with Gasteiger partial charge in [-0.05, 0) is 19.4 Å². The van der Waals surface area contributed by atoms with E-state index in [1.807, 2.05) is 0 Å². The van der Waals surface area contributed by atoms with Crippen molar-refractivity contribution in [3.05, 3.63) is 0 Å². The maximum absolute atomic E-state index is 5.79. The second kappa shape index (κ2) is 8.04. The topological polar surface area (TPSA) is 32.5 Å². The molecule has 0 saturated carbocycles. The van der Waals surface area contributed by atoms with E-state index in [0.29, 0.717) is 6.04 Å². The van der Waals surface area contributed by atoms with Crippen molar-refractivity contribution in [1.29, 1.82) is 0 Å². The molecule has 1 heterocycles. The van der Waals surface area contributed by atoms with Gasteiger partial charge in [0.05, 0.1) is 0 Å². The molecule has 1 fully saturated rings. The van der Waals surface area contributed by atoms with Gasteiger partial charge in [0, 0.05) is 38.8 Å². The minimum atomic E-state index is 0.609. The number of nitrogens with zero attached hydrogens (tertiary/aromatic N) is 2. The van der Waals surface area contributed by atoms with Crippen LogP contribution in [0.4, 0.5) is 0 Å². The van der Waals surface area contributed by atoms with Crippen molar-refractivity contribution in [2.45, 2.75) is 45.6 Å². The van der Waals surface area contributed by atoms with Crippen LogP contribution in [0.15, 0.2) is 0 Å². The second-order valence-corrected chi connectivity index (χ2v) is 4.88. The fourth-order valence-corrected chi connectivity index (χ4v) is 2.51. The first-order chi connectivity index (χ1) is 7.81. The van der Waals surface area contributed by atoms with E-state index in [2.05, 4.69) is 23.6 Å². The lowest BCUT2D eigenvalue weighted by molar-refractivity contribution is 0.0957. The summed E-state index contributed by atoms with van der Waals surface area (Å²) in [7, 11) is 0. The van der Waals surface area contributed by atoms with E-state index in [1.165, 1.54) is 58.4 Å². The summed E-state index contributed by atoms with van der Waals surface area (Å²) in [6.07, 6.45) is 5.25. The zero-order chi connectivity index (χ0) is 11.8. The molecule has 0 amide bonds. The summed E-state index contributed by atoms with van der Waals surface area (Å²) in [5, 5.41) is 0. The highest BCUT2D eigenvalue weighted by Gasteiger charge is 2.21. The second-order valence-electron chi connectivity index (χ2n) is 4.88. The molecule has 1 atom stereocenters. The summed E-state index contributed by atoms with van der Waals surface area (Å²) in [5.41, 5.74) is 5.79. The first-order valence-corrected chi connectivity index (χ1v) is 6.98. The molecule has 0 aromatic rings.